The molecule has 1 aliphatic rings. The molecule has 7 aromatic rings. The Balaban J connectivity index is 0.000000191. The quantitative estimate of drug-likeness (QED) is 0.0458. The number of ether oxygens (including phenoxy) is 2. The Kier molecular flexibility index (Phi) is 13.8. The molecule has 5 aromatic carbocycles. The molecule has 0 aliphatic heterocycles. The average molecular weight is 849 g/mol. The first-order valence-corrected chi connectivity index (χ1v) is 20.3. The van der Waals surface area contributed by atoms with Crippen molar-refractivity contribution in [3.63, 3.8) is 0 Å². The summed E-state index contributed by atoms with van der Waals surface area (Å²) in [5.74, 6) is 1.84. The molecule has 2 aromatic heterocycles. The smallest absolute Gasteiger partial charge is 0.368 e. The lowest BCUT2D eigenvalue weighted by Crippen LogP contribution is -2.23. The highest BCUT2D eigenvalue weighted by atomic mass is 16.6. The fourth-order valence-corrected chi connectivity index (χ4v) is 6.71. The van der Waals surface area contributed by atoms with Crippen molar-refractivity contribution in [2.24, 2.45) is 30.3 Å². The Morgan fingerprint density at radius 3 is 1.67 bits per heavy atom. The fraction of sp³-hybridized carbons (Fsp3) is 0.234. The molecule has 8 rings (SSSR count). The maximum Gasteiger partial charge on any atom is 0.368 e. The Morgan fingerprint density at radius 2 is 1.17 bits per heavy atom. The van der Waals surface area contributed by atoms with Gasteiger partial charge in [-0.25, -0.2) is 9.59 Å². The lowest BCUT2D eigenvalue weighted by atomic mass is 10.0. The molecule has 63 heavy (non-hydrogen) atoms. The summed E-state index contributed by atoms with van der Waals surface area (Å²) in [4.78, 5) is 35.1. The van der Waals surface area contributed by atoms with Gasteiger partial charge in [-0.05, 0) is 95.1 Å². The summed E-state index contributed by atoms with van der Waals surface area (Å²) in [6.07, 6.45) is 3.91. The molecule has 0 saturated heterocycles. The van der Waals surface area contributed by atoms with Crippen LogP contribution in [0.25, 0.3) is 11.4 Å². The molecular weight excluding hydrogens is 801 g/mol. The SMILES string of the molecule is C=CCON=C(c1ccccc1)c1cccc(OCc2c(C)cccc2-n2nnn(C)c2=O)c1.CON=C(c1cccc(OCc2c(C)cccc2-n2nnn(C)c2=O)c1)C1CC1. The van der Waals surface area contributed by atoms with Gasteiger partial charge in [-0.2, -0.15) is 18.7 Å². The van der Waals surface area contributed by atoms with Gasteiger partial charge in [0, 0.05) is 47.8 Å². The van der Waals surface area contributed by atoms with E-state index in [4.69, 9.17) is 19.1 Å². The molecule has 322 valence electrons. The van der Waals surface area contributed by atoms with Crippen LogP contribution in [-0.4, -0.2) is 64.7 Å². The third-order valence-electron chi connectivity index (χ3n) is 10.2. The average Bonchev–Trinajstić information content (AvgIpc) is 4.02. The normalized spacial score (nSPS) is 12.6. The third-order valence-corrected chi connectivity index (χ3v) is 10.2. The predicted octanol–water partition coefficient (Wildman–Crippen LogP) is 6.42. The van der Waals surface area contributed by atoms with Crippen LogP contribution in [0.2, 0.25) is 0 Å². The van der Waals surface area contributed by atoms with E-state index in [1.807, 2.05) is 129 Å². The van der Waals surface area contributed by atoms with Crippen molar-refractivity contribution in [2.45, 2.75) is 39.9 Å². The maximum atomic E-state index is 12.4. The van der Waals surface area contributed by atoms with Gasteiger partial charge >= 0.3 is 11.4 Å². The summed E-state index contributed by atoms with van der Waals surface area (Å²) in [5, 5.41) is 24.1. The van der Waals surface area contributed by atoms with Gasteiger partial charge in [0.1, 0.15) is 44.1 Å². The number of hydrogen-bond donors (Lipinski definition) is 0. The zero-order valence-corrected chi connectivity index (χ0v) is 35.8. The van der Waals surface area contributed by atoms with Crippen LogP contribution in [0.5, 0.6) is 11.5 Å². The van der Waals surface area contributed by atoms with E-state index in [2.05, 4.69) is 37.7 Å². The van der Waals surface area contributed by atoms with Crippen molar-refractivity contribution in [2.75, 3.05) is 13.7 Å². The highest BCUT2D eigenvalue weighted by molar-refractivity contribution is 6.12. The second-order valence-corrected chi connectivity index (χ2v) is 14.7. The Bertz CT molecular complexity index is 2870. The largest absolute Gasteiger partial charge is 0.489 e. The van der Waals surface area contributed by atoms with Crippen LogP contribution in [0, 0.1) is 19.8 Å². The molecule has 0 N–H and O–H groups in total. The van der Waals surface area contributed by atoms with Crippen LogP contribution in [0.15, 0.2) is 148 Å². The van der Waals surface area contributed by atoms with Crippen LogP contribution in [0.4, 0.5) is 0 Å². The van der Waals surface area contributed by atoms with Crippen molar-refractivity contribution in [1.82, 2.24) is 39.6 Å². The van der Waals surface area contributed by atoms with Gasteiger partial charge in [0.25, 0.3) is 0 Å². The van der Waals surface area contributed by atoms with Crippen LogP contribution in [0.1, 0.15) is 51.8 Å². The zero-order valence-electron chi connectivity index (χ0n) is 35.8. The van der Waals surface area contributed by atoms with Crippen molar-refractivity contribution < 1.29 is 19.1 Å². The molecule has 1 fully saturated rings. The maximum absolute atomic E-state index is 12.4. The molecule has 0 amide bonds. The molecule has 0 radical (unpaired) electrons. The molecule has 0 unspecified atom stereocenters. The van der Waals surface area contributed by atoms with E-state index in [0.717, 1.165) is 63.2 Å². The monoisotopic (exact) mass is 848 g/mol. The van der Waals surface area contributed by atoms with Gasteiger partial charge in [0.15, 0.2) is 0 Å². The first-order valence-electron chi connectivity index (χ1n) is 20.3. The third kappa shape index (κ3) is 10.4. The molecule has 0 bridgehead atoms. The summed E-state index contributed by atoms with van der Waals surface area (Å²) in [7, 11) is 4.70. The summed E-state index contributed by atoms with van der Waals surface area (Å²) in [6.45, 7) is 8.48. The van der Waals surface area contributed by atoms with Crippen molar-refractivity contribution >= 4 is 11.4 Å². The number of hydrogen-bond acceptors (Lipinski definition) is 12. The molecule has 2 heterocycles. The Labute approximate surface area is 363 Å². The molecule has 1 saturated carbocycles. The van der Waals surface area contributed by atoms with Crippen molar-refractivity contribution in [3.8, 4) is 22.9 Å². The first-order chi connectivity index (χ1) is 30.7. The van der Waals surface area contributed by atoms with Crippen LogP contribution in [0.3, 0.4) is 0 Å². The number of benzene rings is 5. The second-order valence-electron chi connectivity index (χ2n) is 14.7. The predicted molar refractivity (Wildman–Crippen MR) is 239 cm³/mol. The number of tetrazole rings is 2. The number of nitrogens with zero attached hydrogens (tertiary/aromatic N) is 10. The number of aryl methyl sites for hydroxylation is 4. The van der Waals surface area contributed by atoms with Gasteiger partial charge in [0.2, 0.25) is 0 Å². The van der Waals surface area contributed by atoms with E-state index < -0.39 is 0 Å². The number of aromatic nitrogens is 8. The Hall–Kier alpha value is -7.88. The molecule has 16 nitrogen and oxygen atoms in total. The summed E-state index contributed by atoms with van der Waals surface area (Å²) >= 11 is 0. The molecule has 0 spiro atoms. The summed E-state index contributed by atoms with van der Waals surface area (Å²) in [5.41, 5.74) is 8.83. The lowest BCUT2D eigenvalue weighted by molar-refractivity contribution is 0.175. The molecule has 16 heteroatoms. The van der Waals surface area contributed by atoms with E-state index in [-0.39, 0.29) is 18.0 Å². The highest BCUT2D eigenvalue weighted by Gasteiger charge is 2.29. The van der Waals surface area contributed by atoms with Crippen LogP contribution >= 0.6 is 0 Å². The minimum atomic E-state index is -0.322. The molecule has 1 aliphatic carbocycles. The molecule has 0 atom stereocenters. The number of rotatable bonds is 16. The minimum absolute atomic E-state index is 0.249. The summed E-state index contributed by atoms with van der Waals surface area (Å²) < 4.78 is 17.2. The van der Waals surface area contributed by atoms with Crippen LogP contribution < -0.4 is 20.9 Å². The van der Waals surface area contributed by atoms with Gasteiger partial charge in [-0.15, -0.1) is 0 Å². The first kappa shape index (κ1) is 43.2. The van der Waals surface area contributed by atoms with E-state index in [1.165, 1.54) is 18.7 Å². The van der Waals surface area contributed by atoms with Crippen LogP contribution in [-0.2, 0) is 37.0 Å². The fourth-order valence-electron chi connectivity index (χ4n) is 6.71. The van der Waals surface area contributed by atoms with E-state index in [9.17, 15) is 9.59 Å². The van der Waals surface area contributed by atoms with Gasteiger partial charge in [0.05, 0.1) is 17.1 Å². The highest BCUT2D eigenvalue weighted by Crippen LogP contribution is 2.34. The summed E-state index contributed by atoms with van der Waals surface area (Å²) in [6, 6.07) is 36.7. The Morgan fingerprint density at radius 1 is 0.667 bits per heavy atom. The zero-order chi connectivity index (χ0) is 44.3. The number of oxime groups is 2. The van der Waals surface area contributed by atoms with E-state index in [0.29, 0.717) is 42.0 Å². The van der Waals surface area contributed by atoms with Crippen molar-refractivity contribution in [3.05, 3.63) is 188 Å². The van der Waals surface area contributed by atoms with Gasteiger partial charge in [-0.3, -0.25) is 0 Å². The van der Waals surface area contributed by atoms with E-state index >= 15 is 0 Å². The van der Waals surface area contributed by atoms with Gasteiger partial charge < -0.3 is 19.1 Å². The standard InChI is InChI=1S/C26H25N5O3.C21H23N5O3/c1-4-16-34-27-25(20-11-6-5-7-12-20)21-13-9-14-22(17-21)33-18-23-19(2)10-8-15-24(23)31-26(32)30(3)28-29-31;1-14-6-4-9-19(26-21(27)25(2)23-24-26)18(14)13-29-17-8-5-7-16(12-17)20(22-28-3)15-10-11-15/h4-15,17H,1,16,18H2,2-3H3;4-9,12,15H,10-11,13H2,1-3H3. The molecular formula is C47H48N10O6. The minimum Gasteiger partial charge on any atom is -0.489 e. The lowest BCUT2D eigenvalue weighted by Gasteiger charge is -2.14. The topological polar surface area (TPSA) is 167 Å². The van der Waals surface area contributed by atoms with Gasteiger partial charge in [-0.1, -0.05) is 102 Å². The second kappa shape index (κ2) is 20.1. The van der Waals surface area contributed by atoms with Crippen molar-refractivity contribution in [1.29, 1.82) is 0 Å². The van der Waals surface area contributed by atoms with E-state index in [1.54, 1.807) is 27.3 Å².